The van der Waals surface area contributed by atoms with Gasteiger partial charge >= 0.3 is 6.18 Å². The molecule has 1 rings (SSSR count). The summed E-state index contributed by atoms with van der Waals surface area (Å²) in [6.07, 6.45) is -2.64. The van der Waals surface area contributed by atoms with E-state index in [9.17, 15) is 18.0 Å². The molecule has 0 aliphatic rings. The van der Waals surface area contributed by atoms with Crippen LogP contribution in [-0.2, 0) is 11.0 Å². The van der Waals surface area contributed by atoms with Gasteiger partial charge in [0.1, 0.15) is 0 Å². The standard InChI is InChI=1S/C6HF3N4O2/c7-6(8,9)5-12-3(11-2-14)4(13-5)15-1-10/h(H,12,13). The van der Waals surface area contributed by atoms with E-state index in [1.165, 1.54) is 0 Å². The average molecular weight is 218 g/mol. The van der Waals surface area contributed by atoms with Crippen molar-refractivity contribution in [3.05, 3.63) is 5.82 Å². The summed E-state index contributed by atoms with van der Waals surface area (Å²) < 4.78 is 40.3. The average Bonchev–Trinajstić information content (AvgIpc) is 2.50. The zero-order chi connectivity index (χ0) is 11.5. The SMILES string of the molecule is N#COc1nc(C(F)(F)F)[nH]c1N=C=O. The number of aromatic amines is 1. The number of alkyl halides is 3. The number of nitriles is 1. The van der Waals surface area contributed by atoms with Gasteiger partial charge in [-0.05, 0) is 0 Å². The molecule has 0 atom stereocenters. The predicted octanol–water partition coefficient (Wildman–Crippen LogP) is 1.26. The Labute approximate surface area is 80.0 Å². The van der Waals surface area contributed by atoms with E-state index >= 15 is 0 Å². The van der Waals surface area contributed by atoms with Gasteiger partial charge in [0.05, 0.1) is 0 Å². The lowest BCUT2D eigenvalue weighted by Crippen LogP contribution is -2.07. The van der Waals surface area contributed by atoms with Crippen LogP contribution in [0, 0.1) is 11.5 Å². The highest BCUT2D eigenvalue weighted by molar-refractivity contribution is 5.51. The van der Waals surface area contributed by atoms with Crippen LogP contribution in [0.15, 0.2) is 4.99 Å². The minimum Gasteiger partial charge on any atom is -0.363 e. The Morgan fingerprint density at radius 2 is 2.20 bits per heavy atom. The number of nitrogens with one attached hydrogen (secondary N) is 1. The van der Waals surface area contributed by atoms with Crippen LogP contribution in [0.4, 0.5) is 19.0 Å². The molecule has 0 radical (unpaired) electrons. The molecule has 1 aromatic rings. The Morgan fingerprint density at radius 1 is 1.53 bits per heavy atom. The van der Waals surface area contributed by atoms with Crippen molar-refractivity contribution in [1.82, 2.24) is 9.97 Å². The van der Waals surface area contributed by atoms with Crippen molar-refractivity contribution in [3.63, 3.8) is 0 Å². The second-order valence-corrected chi connectivity index (χ2v) is 2.13. The molecule has 0 saturated carbocycles. The van der Waals surface area contributed by atoms with Crippen molar-refractivity contribution in [3.8, 4) is 12.1 Å². The van der Waals surface area contributed by atoms with E-state index in [2.05, 4.69) is 14.7 Å². The lowest BCUT2D eigenvalue weighted by Gasteiger charge is -1.98. The van der Waals surface area contributed by atoms with Gasteiger partial charge in [-0.1, -0.05) is 0 Å². The van der Waals surface area contributed by atoms with Gasteiger partial charge in [0.15, 0.2) is 0 Å². The number of rotatable bonds is 2. The lowest BCUT2D eigenvalue weighted by molar-refractivity contribution is -0.144. The van der Waals surface area contributed by atoms with Crippen LogP contribution < -0.4 is 4.74 Å². The molecule has 15 heavy (non-hydrogen) atoms. The highest BCUT2D eigenvalue weighted by Crippen LogP contribution is 2.33. The number of hydrogen-bond acceptors (Lipinski definition) is 5. The van der Waals surface area contributed by atoms with Gasteiger partial charge in [-0.2, -0.15) is 18.2 Å². The minimum absolute atomic E-state index is 0.612. The fourth-order valence-electron chi connectivity index (χ4n) is 0.718. The molecule has 0 fully saturated rings. The summed E-state index contributed by atoms with van der Waals surface area (Å²) in [6, 6.07) is 0. The molecular weight excluding hydrogens is 217 g/mol. The number of isocyanates is 1. The van der Waals surface area contributed by atoms with Crippen molar-refractivity contribution >= 4 is 11.9 Å². The topological polar surface area (TPSA) is 91.1 Å². The maximum Gasteiger partial charge on any atom is 0.449 e. The Balaban J connectivity index is 3.21. The number of nitrogens with zero attached hydrogens (tertiary/aromatic N) is 3. The third-order valence-corrected chi connectivity index (χ3v) is 1.22. The van der Waals surface area contributed by atoms with Gasteiger partial charge in [0.25, 0.3) is 12.1 Å². The Kier molecular flexibility index (Phi) is 2.73. The van der Waals surface area contributed by atoms with Crippen LogP contribution in [0.3, 0.4) is 0 Å². The molecular formula is C6HF3N4O2. The number of H-pyrrole nitrogens is 1. The summed E-state index contributed by atoms with van der Waals surface area (Å²) in [5, 5.41) is 8.08. The van der Waals surface area contributed by atoms with Gasteiger partial charge < -0.3 is 9.72 Å². The van der Waals surface area contributed by atoms with E-state index in [0.717, 1.165) is 12.3 Å². The molecule has 1 aromatic heterocycles. The van der Waals surface area contributed by atoms with E-state index in [1.807, 2.05) is 0 Å². The number of hydrogen-bond donors (Lipinski definition) is 1. The maximum atomic E-state index is 12.1. The second-order valence-electron chi connectivity index (χ2n) is 2.13. The van der Waals surface area contributed by atoms with Crippen molar-refractivity contribution in [2.75, 3.05) is 0 Å². The summed E-state index contributed by atoms with van der Waals surface area (Å²) in [7, 11) is 0. The number of aliphatic imine (C=N–C) groups is 1. The summed E-state index contributed by atoms with van der Waals surface area (Å²) in [6.45, 7) is 0. The summed E-state index contributed by atoms with van der Waals surface area (Å²) >= 11 is 0. The number of halogens is 3. The summed E-state index contributed by atoms with van der Waals surface area (Å²) in [4.78, 5) is 17.2. The quantitative estimate of drug-likeness (QED) is 0.459. The van der Waals surface area contributed by atoms with Crippen molar-refractivity contribution in [2.24, 2.45) is 4.99 Å². The molecule has 0 spiro atoms. The molecule has 0 aliphatic heterocycles. The van der Waals surface area contributed by atoms with Gasteiger partial charge in [0, 0.05) is 0 Å². The lowest BCUT2D eigenvalue weighted by atomic mass is 10.6. The Morgan fingerprint density at radius 3 is 2.67 bits per heavy atom. The van der Waals surface area contributed by atoms with Gasteiger partial charge in [-0.3, -0.25) is 0 Å². The molecule has 1 N–H and O–H groups in total. The largest absolute Gasteiger partial charge is 0.449 e. The highest BCUT2D eigenvalue weighted by Gasteiger charge is 2.36. The third-order valence-electron chi connectivity index (χ3n) is 1.22. The molecule has 0 aromatic carbocycles. The number of ether oxygens (including phenoxy) is 1. The van der Waals surface area contributed by atoms with Crippen LogP contribution >= 0.6 is 0 Å². The fraction of sp³-hybridized carbons (Fsp3) is 0.167. The Bertz CT molecular complexity index is 452. The number of imidazole rings is 1. The number of aromatic nitrogens is 2. The maximum absolute atomic E-state index is 12.1. The number of carbonyl (C=O) groups excluding carboxylic acids is 1. The summed E-state index contributed by atoms with van der Waals surface area (Å²) in [5.74, 6) is -2.76. The molecule has 6 nitrogen and oxygen atoms in total. The molecule has 0 amide bonds. The van der Waals surface area contributed by atoms with Crippen molar-refractivity contribution in [1.29, 1.82) is 5.26 Å². The normalized spacial score (nSPS) is 10.3. The van der Waals surface area contributed by atoms with Crippen LogP contribution in [-0.4, -0.2) is 16.0 Å². The highest BCUT2D eigenvalue weighted by atomic mass is 19.4. The van der Waals surface area contributed by atoms with Crippen LogP contribution in [0.5, 0.6) is 5.88 Å². The van der Waals surface area contributed by atoms with Gasteiger partial charge in [-0.15, -0.1) is 10.3 Å². The smallest absolute Gasteiger partial charge is 0.363 e. The van der Waals surface area contributed by atoms with E-state index < -0.39 is 23.7 Å². The third kappa shape index (κ3) is 2.32. The molecule has 78 valence electrons. The zero-order valence-electron chi connectivity index (χ0n) is 6.79. The van der Waals surface area contributed by atoms with Crippen LogP contribution in [0.25, 0.3) is 0 Å². The molecule has 9 heteroatoms. The fourth-order valence-corrected chi connectivity index (χ4v) is 0.718. The van der Waals surface area contributed by atoms with Crippen molar-refractivity contribution in [2.45, 2.75) is 6.18 Å². The van der Waals surface area contributed by atoms with E-state index in [4.69, 9.17) is 5.26 Å². The monoisotopic (exact) mass is 218 g/mol. The molecule has 0 aliphatic carbocycles. The first-order valence-electron chi connectivity index (χ1n) is 3.30. The summed E-state index contributed by atoms with van der Waals surface area (Å²) in [5.41, 5.74) is 0. The molecule has 0 unspecified atom stereocenters. The van der Waals surface area contributed by atoms with E-state index in [1.54, 1.807) is 4.98 Å². The van der Waals surface area contributed by atoms with E-state index in [0.29, 0.717) is 0 Å². The van der Waals surface area contributed by atoms with Gasteiger partial charge in [0.2, 0.25) is 17.7 Å². The predicted molar refractivity (Wildman–Crippen MR) is 37.6 cm³/mol. The molecule has 1 heterocycles. The van der Waals surface area contributed by atoms with Gasteiger partial charge in [-0.25, -0.2) is 4.79 Å². The Hall–Kier alpha value is -2.33. The zero-order valence-corrected chi connectivity index (χ0v) is 6.79. The van der Waals surface area contributed by atoms with Crippen LogP contribution in [0.2, 0.25) is 0 Å². The van der Waals surface area contributed by atoms with E-state index in [-0.39, 0.29) is 0 Å². The second kappa shape index (κ2) is 3.81. The van der Waals surface area contributed by atoms with Crippen molar-refractivity contribution < 1.29 is 22.7 Å². The minimum atomic E-state index is -4.75. The first-order valence-corrected chi connectivity index (χ1v) is 3.30. The van der Waals surface area contributed by atoms with Crippen LogP contribution in [0.1, 0.15) is 5.82 Å². The molecule has 0 saturated heterocycles. The first-order chi connectivity index (χ1) is 6.99. The molecule has 0 bridgehead atoms. The first kappa shape index (κ1) is 10.7.